The minimum absolute atomic E-state index is 0.0366. The predicted octanol–water partition coefficient (Wildman–Crippen LogP) is -0.427. The molecule has 5 heteroatoms. The van der Waals surface area contributed by atoms with Crippen LogP contribution in [0.1, 0.15) is 26.2 Å². The van der Waals surface area contributed by atoms with Gasteiger partial charge in [0.15, 0.2) is 5.60 Å². The number of carbonyl (C=O) groups is 1. The molecule has 0 aromatic rings. The fourth-order valence-electron chi connectivity index (χ4n) is 1.83. The van der Waals surface area contributed by atoms with E-state index in [0.29, 0.717) is 12.5 Å². The van der Waals surface area contributed by atoms with E-state index in [1.54, 1.807) is 0 Å². The first-order chi connectivity index (χ1) is 6.92. The zero-order valence-corrected chi connectivity index (χ0v) is 8.94. The van der Waals surface area contributed by atoms with Crippen LogP contribution in [0.2, 0.25) is 0 Å². The monoisotopic (exact) mass is 217 g/mol. The van der Waals surface area contributed by atoms with Gasteiger partial charge >= 0.3 is 5.97 Å². The highest BCUT2D eigenvalue weighted by Crippen LogP contribution is 2.24. The molecule has 1 aliphatic rings. The van der Waals surface area contributed by atoms with Gasteiger partial charge in [-0.05, 0) is 38.6 Å². The van der Waals surface area contributed by atoms with Crippen molar-refractivity contribution in [3.8, 4) is 0 Å². The molecular formula is C10H19NO4. The Kier molecular flexibility index (Phi) is 4.07. The molecule has 0 aromatic heterocycles. The van der Waals surface area contributed by atoms with Gasteiger partial charge in [0.05, 0.1) is 6.10 Å². The van der Waals surface area contributed by atoms with Crippen LogP contribution in [-0.4, -0.2) is 46.1 Å². The Hall–Kier alpha value is -0.650. The maximum absolute atomic E-state index is 10.6. The minimum atomic E-state index is -1.71. The van der Waals surface area contributed by atoms with E-state index in [1.165, 1.54) is 6.92 Å². The third kappa shape index (κ3) is 3.77. The maximum Gasteiger partial charge on any atom is 0.336 e. The van der Waals surface area contributed by atoms with E-state index in [0.717, 1.165) is 19.3 Å². The fraction of sp³-hybridized carbons (Fsp3) is 0.900. The summed E-state index contributed by atoms with van der Waals surface area (Å²) in [5.41, 5.74) is -1.71. The standard InChI is InChI=1S/C10H19NO4/c1-10(15,9(13)14)6-11-5-7-2-3-8(12)4-7/h7-8,11-12,15H,2-6H2,1H3,(H,13,14). The zero-order valence-electron chi connectivity index (χ0n) is 8.94. The highest BCUT2D eigenvalue weighted by atomic mass is 16.4. The van der Waals surface area contributed by atoms with E-state index in [2.05, 4.69) is 5.32 Å². The third-order valence-corrected chi connectivity index (χ3v) is 2.88. The van der Waals surface area contributed by atoms with Gasteiger partial charge in [0, 0.05) is 6.54 Å². The number of aliphatic hydroxyl groups is 2. The molecule has 0 heterocycles. The Morgan fingerprint density at radius 1 is 1.53 bits per heavy atom. The van der Waals surface area contributed by atoms with Gasteiger partial charge in [-0.2, -0.15) is 0 Å². The van der Waals surface area contributed by atoms with E-state index >= 15 is 0 Å². The number of hydrogen-bond donors (Lipinski definition) is 4. The predicted molar refractivity (Wildman–Crippen MR) is 54.5 cm³/mol. The lowest BCUT2D eigenvalue weighted by Gasteiger charge is -2.19. The van der Waals surface area contributed by atoms with Crippen molar-refractivity contribution in [1.29, 1.82) is 0 Å². The molecule has 0 bridgehead atoms. The summed E-state index contributed by atoms with van der Waals surface area (Å²) in [6.07, 6.45) is 2.34. The van der Waals surface area contributed by atoms with Crippen LogP contribution in [0.3, 0.4) is 0 Å². The Bertz CT molecular complexity index is 229. The number of aliphatic carboxylic acids is 1. The number of aliphatic hydroxyl groups excluding tert-OH is 1. The summed E-state index contributed by atoms with van der Waals surface area (Å²) in [4.78, 5) is 10.6. The quantitative estimate of drug-likeness (QED) is 0.502. The summed E-state index contributed by atoms with van der Waals surface area (Å²) >= 11 is 0. The van der Waals surface area contributed by atoms with E-state index in [1.807, 2.05) is 0 Å². The zero-order chi connectivity index (χ0) is 11.5. The molecule has 3 atom stereocenters. The maximum atomic E-state index is 10.6. The van der Waals surface area contributed by atoms with Crippen LogP contribution in [-0.2, 0) is 4.79 Å². The summed E-state index contributed by atoms with van der Waals surface area (Å²) in [5.74, 6) is -0.828. The van der Waals surface area contributed by atoms with E-state index in [-0.39, 0.29) is 12.6 Å². The molecule has 0 spiro atoms. The average Bonchev–Trinajstić information content (AvgIpc) is 2.51. The first-order valence-corrected chi connectivity index (χ1v) is 5.26. The third-order valence-electron chi connectivity index (χ3n) is 2.88. The van der Waals surface area contributed by atoms with Crippen molar-refractivity contribution in [3.05, 3.63) is 0 Å². The lowest BCUT2D eigenvalue weighted by Crippen LogP contribution is -2.45. The Labute approximate surface area is 89.1 Å². The topological polar surface area (TPSA) is 89.8 Å². The van der Waals surface area contributed by atoms with Crippen molar-refractivity contribution in [2.24, 2.45) is 5.92 Å². The molecule has 0 saturated heterocycles. The van der Waals surface area contributed by atoms with Crippen molar-refractivity contribution in [1.82, 2.24) is 5.32 Å². The fourth-order valence-corrected chi connectivity index (χ4v) is 1.83. The first-order valence-electron chi connectivity index (χ1n) is 5.26. The average molecular weight is 217 g/mol. The van der Waals surface area contributed by atoms with Gasteiger partial charge in [0.2, 0.25) is 0 Å². The number of carboxylic acid groups (broad SMARTS) is 1. The highest BCUT2D eigenvalue weighted by molar-refractivity contribution is 5.76. The summed E-state index contributed by atoms with van der Waals surface area (Å²) in [5, 5.41) is 30.3. The van der Waals surface area contributed by atoms with Crippen LogP contribution in [0.4, 0.5) is 0 Å². The number of rotatable bonds is 5. The van der Waals surface area contributed by atoms with E-state index in [4.69, 9.17) is 5.11 Å². The van der Waals surface area contributed by atoms with Gasteiger partial charge in [-0.1, -0.05) is 0 Å². The van der Waals surface area contributed by atoms with Crippen LogP contribution >= 0.6 is 0 Å². The molecule has 1 fully saturated rings. The molecule has 88 valence electrons. The van der Waals surface area contributed by atoms with Gasteiger partial charge in [0.1, 0.15) is 0 Å². The molecule has 0 aromatic carbocycles. The molecule has 5 nitrogen and oxygen atoms in total. The van der Waals surface area contributed by atoms with Crippen LogP contribution in [0, 0.1) is 5.92 Å². The van der Waals surface area contributed by atoms with Crippen molar-refractivity contribution in [3.63, 3.8) is 0 Å². The molecule has 0 aliphatic heterocycles. The van der Waals surface area contributed by atoms with Crippen molar-refractivity contribution < 1.29 is 20.1 Å². The molecule has 1 saturated carbocycles. The molecule has 0 amide bonds. The van der Waals surface area contributed by atoms with Crippen LogP contribution < -0.4 is 5.32 Å². The summed E-state index contributed by atoms with van der Waals surface area (Å²) in [7, 11) is 0. The Morgan fingerprint density at radius 2 is 2.20 bits per heavy atom. The molecule has 15 heavy (non-hydrogen) atoms. The normalized spacial score (nSPS) is 30.1. The van der Waals surface area contributed by atoms with Crippen LogP contribution in [0.15, 0.2) is 0 Å². The minimum Gasteiger partial charge on any atom is -0.479 e. The van der Waals surface area contributed by atoms with Gasteiger partial charge < -0.3 is 20.6 Å². The lowest BCUT2D eigenvalue weighted by molar-refractivity contribution is -0.156. The van der Waals surface area contributed by atoms with Crippen molar-refractivity contribution in [2.75, 3.05) is 13.1 Å². The second kappa shape index (κ2) is 4.92. The highest BCUT2D eigenvalue weighted by Gasteiger charge is 2.30. The number of nitrogens with one attached hydrogen (secondary N) is 1. The smallest absolute Gasteiger partial charge is 0.336 e. The van der Waals surface area contributed by atoms with Crippen molar-refractivity contribution >= 4 is 5.97 Å². The Balaban J connectivity index is 2.19. The van der Waals surface area contributed by atoms with Gasteiger partial charge in [0.25, 0.3) is 0 Å². The molecule has 4 N–H and O–H groups in total. The van der Waals surface area contributed by atoms with Gasteiger partial charge in [-0.15, -0.1) is 0 Å². The molecular weight excluding hydrogens is 198 g/mol. The van der Waals surface area contributed by atoms with Crippen LogP contribution in [0.25, 0.3) is 0 Å². The molecule has 1 rings (SSSR count). The van der Waals surface area contributed by atoms with Gasteiger partial charge in [-0.3, -0.25) is 0 Å². The van der Waals surface area contributed by atoms with E-state index in [9.17, 15) is 15.0 Å². The van der Waals surface area contributed by atoms with Crippen LogP contribution in [0.5, 0.6) is 0 Å². The number of hydrogen-bond acceptors (Lipinski definition) is 4. The second-order valence-electron chi connectivity index (χ2n) is 4.54. The SMILES string of the molecule is CC(O)(CNCC1CCC(O)C1)C(=O)O. The first kappa shape index (κ1) is 12.4. The van der Waals surface area contributed by atoms with Gasteiger partial charge in [-0.25, -0.2) is 4.79 Å². The summed E-state index contributed by atoms with van der Waals surface area (Å²) < 4.78 is 0. The summed E-state index contributed by atoms with van der Waals surface area (Å²) in [6.45, 7) is 1.96. The van der Waals surface area contributed by atoms with E-state index < -0.39 is 11.6 Å². The lowest BCUT2D eigenvalue weighted by atomic mass is 10.1. The largest absolute Gasteiger partial charge is 0.479 e. The molecule has 0 radical (unpaired) electrons. The molecule has 1 aliphatic carbocycles. The summed E-state index contributed by atoms with van der Waals surface area (Å²) in [6, 6.07) is 0. The van der Waals surface area contributed by atoms with Crippen molar-refractivity contribution in [2.45, 2.75) is 37.9 Å². The Morgan fingerprint density at radius 3 is 2.67 bits per heavy atom. The number of carboxylic acids is 1. The molecule has 3 unspecified atom stereocenters. The second-order valence-corrected chi connectivity index (χ2v) is 4.54.